The maximum absolute atomic E-state index is 12.6. The van der Waals surface area contributed by atoms with Gasteiger partial charge in [-0.1, -0.05) is 17.7 Å². The van der Waals surface area contributed by atoms with E-state index in [9.17, 15) is 23.7 Å². The van der Waals surface area contributed by atoms with Gasteiger partial charge < -0.3 is 19.2 Å². The highest BCUT2D eigenvalue weighted by Crippen LogP contribution is 2.30. The van der Waals surface area contributed by atoms with E-state index in [0.717, 1.165) is 11.6 Å². The van der Waals surface area contributed by atoms with Crippen molar-refractivity contribution in [3.05, 3.63) is 80.8 Å². The number of furan rings is 1. The van der Waals surface area contributed by atoms with Crippen LogP contribution in [0.4, 0.5) is 20.2 Å². The second-order valence-electron chi connectivity index (χ2n) is 6.26. The van der Waals surface area contributed by atoms with Gasteiger partial charge in [0.05, 0.1) is 15.6 Å². The summed E-state index contributed by atoms with van der Waals surface area (Å²) in [6.45, 7) is -1.42. The van der Waals surface area contributed by atoms with E-state index >= 15 is 0 Å². The number of ether oxygens (including phenoxy) is 2. The molecule has 0 aliphatic rings. The molecule has 3 aromatic rings. The van der Waals surface area contributed by atoms with Gasteiger partial charge in [0.25, 0.3) is 11.6 Å². The van der Waals surface area contributed by atoms with Crippen LogP contribution in [0.2, 0.25) is 5.02 Å². The molecule has 0 spiro atoms. The molecule has 0 aliphatic heterocycles. The van der Waals surface area contributed by atoms with Gasteiger partial charge in [-0.15, -0.1) is 0 Å². The Morgan fingerprint density at radius 1 is 1.19 bits per heavy atom. The first kappa shape index (κ1) is 22.0. The van der Waals surface area contributed by atoms with Crippen LogP contribution in [-0.2, 0) is 6.61 Å². The molecule has 1 aromatic heterocycles. The van der Waals surface area contributed by atoms with Crippen molar-refractivity contribution in [1.82, 2.24) is 0 Å². The minimum Gasteiger partial charge on any atom is -0.484 e. The quantitative estimate of drug-likeness (QED) is 0.353. The summed E-state index contributed by atoms with van der Waals surface area (Å²) in [5, 5.41) is 13.3. The number of nitro groups is 1. The molecule has 0 unspecified atom stereocenters. The molecule has 162 valence electrons. The molecule has 0 saturated carbocycles. The van der Waals surface area contributed by atoms with E-state index in [-0.39, 0.29) is 46.0 Å². The fourth-order valence-electron chi connectivity index (χ4n) is 2.57. The fraction of sp³-hybridized carbons (Fsp3) is 0.150. The van der Waals surface area contributed by atoms with Crippen molar-refractivity contribution >= 4 is 28.9 Å². The first-order valence-electron chi connectivity index (χ1n) is 8.75. The molecule has 0 bridgehead atoms. The molecule has 0 atom stereocenters. The molecular weight excluding hydrogens is 438 g/mol. The van der Waals surface area contributed by atoms with Crippen LogP contribution in [0.3, 0.4) is 0 Å². The van der Waals surface area contributed by atoms with Crippen molar-refractivity contribution in [1.29, 1.82) is 0 Å². The first-order valence-corrected chi connectivity index (χ1v) is 9.13. The van der Waals surface area contributed by atoms with Crippen LogP contribution in [0.25, 0.3) is 0 Å². The van der Waals surface area contributed by atoms with Gasteiger partial charge in [0.2, 0.25) is 0 Å². The number of alkyl halides is 2. The lowest BCUT2D eigenvalue weighted by molar-refractivity contribution is -0.384. The van der Waals surface area contributed by atoms with E-state index < -0.39 is 17.4 Å². The number of benzene rings is 2. The molecule has 0 aliphatic carbocycles. The number of hydrogen-bond acceptors (Lipinski definition) is 6. The Bertz CT molecular complexity index is 1120. The lowest BCUT2D eigenvalue weighted by atomic mass is 10.2. The number of amides is 1. The van der Waals surface area contributed by atoms with Crippen LogP contribution in [-0.4, -0.2) is 17.4 Å². The van der Waals surface area contributed by atoms with E-state index in [0.29, 0.717) is 0 Å². The smallest absolute Gasteiger partial charge is 0.387 e. The van der Waals surface area contributed by atoms with Crippen LogP contribution < -0.4 is 14.8 Å². The Morgan fingerprint density at radius 3 is 2.61 bits per heavy atom. The number of halogens is 3. The van der Waals surface area contributed by atoms with Gasteiger partial charge >= 0.3 is 6.61 Å². The average Bonchev–Trinajstić information content (AvgIpc) is 3.18. The van der Waals surface area contributed by atoms with Crippen LogP contribution in [0, 0.1) is 17.0 Å². The van der Waals surface area contributed by atoms with E-state index in [1.165, 1.54) is 36.4 Å². The summed E-state index contributed by atoms with van der Waals surface area (Å²) >= 11 is 5.96. The molecular formula is C20H15ClF2N2O6. The first-order chi connectivity index (χ1) is 14.7. The van der Waals surface area contributed by atoms with E-state index in [1.54, 1.807) is 13.0 Å². The number of non-ortho nitro benzene ring substituents is 1. The largest absolute Gasteiger partial charge is 0.484 e. The van der Waals surface area contributed by atoms with Crippen LogP contribution in [0.5, 0.6) is 11.5 Å². The number of carbonyl (C=O) groups excluding carboxylic acids is 1. The Morgan fingerprint density at radius 2 is 1.94 bits per heavy atom. The Kier molecular flexibility index (Phi) is 6.71. The number of aryl methyl sites for hydroxylation is 1. The number of carbonyl (C=O) groups is 1. The van der Waals surface area contributed by atoms with Crippen molar-refractivity contribution in [2.45, 2.75) is 20.1 Å². The summed E-state index contributed by atoms with van der Waals surface area (Å²) in [6.07, 6.45) is 0. The van der Waals surface area contributed by atoms with Crippen molar-refractivity contribution in [2.75, 3.05) is 5.32 Å². The monoisotopic (exact) mass is 452 g/mol. The van der Waals surface area contributed by atoms with Crippen molar-refractivity contribution in [3.8, 4) is 11.5 Å². The second-order valence-corrected chi connectivity index (χ2v) is 6.67. The third kappa shape index (κ3) is 5.70. The number of rotatable bonds is 8. The topological polar surface area (TPSA) is 104 Å². The zero-order valence-corrected chi connectivity index (χ0v) is 16.7. The summed E-state index contributed by atoms with van der Waals surface area (Å²) in [6, 6.07) is 11.0. The zero-order chi connectivity index (χ0) is 22.5. The van der Waals surface area contributed by atoms with Crippen LogP contribution >= 0.6 is 11.6 Å². The molecule has 1 amide bonds. The summed E-state index contributed by atoms with van der Waals surface area (Å²) in [5.74, 6) is -0.477. The summed E-state index contributed by atoms with van der Waals surface area (Å²) < 4.78 is 40.4. The van der Waals surface area contributed by atoms with E-state index in [1.807, 2.05) is 0 Å². The third-order valence-electron chi connectivity index (χ3n) is 3.98. The van der Waals surface area contributed by atoms with E-state index in [2.05, 4.69) is 10.1 Å². The van der Waals surface area contributed by atoms with Crippen molar-refractivity contribution in [3.63, 3.8) is 0 Å². The predicted octanol–water partition coefficient (Wildman–Crippen LogP) is 5.58. The van der Waals surface area contributed by atoms with Gasteiger partial charge in [0.15, 0.2) is 5.76 Å². The maximum atomic E-state index is 12.6. The highest BCUT2D eigenvalue weighted by Gasteiger charge is 2.17. The van der Waals surface area contributed by atoms with Crippen molar-refractivity contribution < 1.29 is 32.4 Å². The molecule has 2 aromatic carbocycles. The minimum atomic E-state index is -3.04. The van der Waals surface area contributed by atoms with Crippen LogP contribution in [0.1, 0.15) is 21.9 Å². The lowest BCUT2D eigenvalue weighted by Crippen LogP contribution is -2.13. The number of nitrogens with one attached hydrogen (secondary N) is 1. The van der Waals surface area contributed by atoms with Gasteiger partial charge in [-0.25, -0.2) is 0 Å². The SMILES string of the molecule is Cc1ccc(OC(F)F)c(NC(=O)c2ccc(COc3ccc([N+](=O)[O-])cc3Cl)o2)c1. The lowest BCUT2D eigenvalue weighted by Gasteiger charge is -2.12. The predicted molar refractivity (Wildman–Crippen MR) is 107 cm³/mol. The molecule has 31 heavy (non-hydrogen) atoms. The van der Waals surface area contributed by atoms with E-state index in [4.69, 9.17) is 20.8 Å². The molecule has 0 radical (unpaired) electrons. The number of hydrogen-bond donors (Lipinski definition) is 1. The fourth-order valence-corrected chi connectivity index (χ4v) is 2.80. The minimum absolute atomic E-state index is 0.0460. The molecule has 0 saturated heterocycles. The normalized spacial score (nSPS) is 10.7. The second kappa shape index (κ2) is 9.43. The maximum Gasteiger partial charge on any atom is 0.387 e. The Balaban J connectivity index is 1.67. The molecule has 1 N–H and O–H groups in total. The van der Waals surface area contributed by atoms with Gasteiger partial charge in [0, 0.05) is 12.1 Å². The van der Waals surface area contributed by atoms with Gasteiger partial charge in [-0.05, 0) is 42.8 Å². The zero-order valence-electron chi connectivity index (χ0n) is 15.9. The summed E-state index contributed by atoms with van der Waals surface area (Å²) in [4.78, 5) is 22.6. The average molecular weight is 453 g/mol. The molecule has 8 nitrogen and oxygen atoms in total. The Hall–Kier alpha value is -3.66. The van der Waals surface area contributed by atoms with Gasteiger partial charge in [-0.3, -0.25) is 14.9 Å². The third-order valence-corrected chi connectivity index (χ3v) is 4.28. The van der Waals surface area contributed by atoms with Gasteiger partial charge in [-0.2, -0.15) is 8.78 Å². The highest BCUT2D eigenvalue weighted by molar-refractivity contribution is 6.32. The number of nitrogens with zero attached hydrogens (tertiary/aromatic N) is 1. The summed E-state index contributed by atoms with van der Waals surface area (Å²) in [7, 11) is 0. The molecule has 0 fully saturated rings. The van der Waals surface area contributed by atoms with Crippen molar-refractivity contribution in [2.24, 2.45) is 0 Å². The molecule has 11 heteroatoms. The Labute approximate surface area is 179 Å². The molecule has 3 rings (SSSR count). The standard InChI is InChI=1S/C20H15ClF2N2O6/c1-11-2-5-17(31-20(22)23)15(8-11)24-19(26)18-7-4-13(30-18)10-29-16-6-3-12(25(27)28)9-14(16)21/h2-9,20H,10H2,1H3,(H,24,26). The molecule has 1 heterocycles. The van der Waals surface area contributed by atoms with Crippen LogP contribution in [0.15, 0.2) is 52.9 Å². The van der Waals surface area contributed by atoms with Gasteiger partial charge in [0.1, 0.15) is 23.9 Å². The highest BCUT2D eigenvalue weighted by atomic mass is 35.5. The number of anilines is 1. The summed E-state index contributed by atoms with van der Waals surface area (Å²) in [5.41, 5.74) is 0.614. The number of nitro benzene ring substituents is 1.